The predicted molar refractivity (Wildman–Crippen MR) is 67.5 cm³/mol. The highest BCUT2D eigenvalue weighted by molar-refractivity contribution is 6.04. The standard InChI is InChI=1S/C12H19N3O3/c1-6(2)15-9(5)10(8(4)14-15)13-11(16)7(3)12(17)18/h6-7H,1-5H3,(H,13,16)(H,17,18). The van der Waals surface area contributed by atoms with Gasteiger partial charge in [0, 0.05) is 6.04 Å². The fourth-order valence-corrected chi connectivity index (χ4v) is 1.69. The molecule has 0 fully saturated rings. The van der Waals surface area contributed by atoms with Gasteiger partial charge in [-0.2, -0.15) is 5.10 Å². The van der Waals surface area contributed by atoms with Gasteiger partial charge in [0.15, 0.2) is 0 Å². The molecule has 0 aliphatic carbocycles. The summed E-state index contributed by atoms with van der Waals surface area (Å²) in [7, 11) is 0. The lowest BCUT2D eigenvalue weighted by Gasteiger charge is -2.10. The molecule has 0 saturated carbocycles. The molecule has 0 saturated heterocycles. The Balaban J connectivity index is 2.99. The zero-order valence-corrected chi connectivity index (χ0v) is 11.3. The van der Waals surface area contributed by atoms with E-state index in [4.69, 9.17) is 5.11 Å². The quantitative estimate of drug-likeness (QED) is 0.800. The number of nitrogens with one attached hydrogen (secondary N) is 1. The van der Waals surface area contributed by atoms with E-state index in [2.05, 4.69) is 10.4 Å². The normalized spacial score (nSPS) is 12.6. The number of aryl methyl sites for hydroxylation is 1. The zero-order valence-electron chi connectivity index (χ0n) is 11.3. The third kappa shape index (κ3) is 2.69. The molecule has 1 atom stereocenters. The third-order valence-electron chi connectivity index (χ3n) is 2.83. The van der Waals surface area contributed by atoms with Crippen LogP contribution in [0.15, 0.2) is 0 Å². The van der Waals surface area contributed by atoms with E-state index in [1.807, 2.05) is 20.8 Å². The first-order chi connectivity index (χ1) is 8.25. The Kier molecular flexibility index (Phi) is 4.11. The molecule has 0 aliphatic heterocycles. The summed E-state index contributed by atoms with van der Waals surface area (Å²) in [5.41, 5.74) is 2.11. The van der Waals surface area contributed by atoms with Crippen LogP contribution >= 0.6 is 0 Å². The van der Waals surface area contributed by atoms with Gasteiger partial charge in [0.2, 0.25) is 5.91 Å². The van der Waals surface area contributed by atoms with Gasteiger partial charge in [0.25, 0.3) is 0 Å². The van der Waals surface area contributed by atoms with E-state index in [1.54, 1.807) is 11.6 Å². The number of carboxylic acid groups (broad SMARTS) is 1. The molecule has 18 heavy (non-hydrogen) atoms. The SMILES string of the molecule is Cc1nn(C(C)C)c(C)c1NC(=O)C(C)C(=O)O. The fourth-order valence-electron chi connectivity index (χ4n) is 1.69. The Hall–Kier alpha value is -1.85. The summed E-state index contributed by atoms with van der Waals surface area (Å²) in [4.78, 5) is 22.4. The van der Waals surface area contributed by atoms with Crippen LogP contribution in [0.25, 0.3) is 0 Å². The molecule has 0 aromatic carbocycles. The Labute approximate surface area is 106 Å². The van der Waals surface area contributed by atoms with Crippen molar-refractivity contribution < 1.29 is 14.7 Å². The number of nitrogens with zero attached hydrogens (tertiary/aromatic N) is 2. The molecule has 6 nitrogen and oxygen atoms in total. The molecule has 0 aliphatic rings. The van der Waals surface area contributed by atoms with Gasteiger partial charge < -0.3 is 10.4 Å². The molecule has 6 heteroatoms. The molecule has 100 valence electrons. The van der Waals surface area contributed by atoms with Crippen molar-refractivity contribution in [3.05, 3.63) is 11.4 Å². The van der Waals surface area contributed by atoms with Crippen molar-refractivity contribution in [2.45, 2.75) is 40.7 Å². The third-order valence-corrected chi connectivity index (χ3v) is 2.83. The molecule has 0 spiro atoms. The van der Waals surface area contributed by atoms with Gasteiger partial charge in [0.1, 0.15) is 5.92 Å². The minimum atomic E-state index is -1.14. The van der Waals surface area contributed by atoms with Gasteiger partial charge in [-0.1, -0.05) is 0 Å². The van der Waals surface area contributed by atoms with Crippen molar-refractivity contribution >= 4 is 17.6 Å². The number of anilines is 1. The number of carbonyl (C=O) groups is 2. The molecule has 1 aromatic rings. The zero-order chi connectivity index (χ0) is 14.0. The second-order valence-corrected chi connectivity index (χ2v) is 4.63. The Bertz CT molecular complexity index is 477. The summed E-state index contributed by atoms with van der Waals surface area (Å²) in [6.07, 6.45) is 0. The Morgan fingerprint density at radius 3 is 2.22 bits per heavy atom. The highest BCUT2D eigenvalue weighted by Gasteiger charge is 2.23. The van der Waals surface area contributed by atoms with E-state index in [1.165, 1.54) is 6.92 Å². The van der Waals surface area contributed by atoms with Crippen LogP contribution in [0, 0.1) is 19.8 Å². The van der Waals surface area contributed by atoms with Gasteiger partial charge in [-0.3, -0.25) is 14.3 Å². The van der Waals surface area contributed by atoms with E-state index < -0.39 is 17.8 Å². The van der Waals surface area contributed by atoms with Crippen LogP contribution in [0.1, 0.15) is 38.2 Å². The average molecular weight is 253 g/mol. The summed E-state index contributed by atoms with van der Waals surface area (Å²) in [6.45, 7) is 8.97. The van der Waals surface area contributed by atoms with Crippen molar-refractivity contribution in [2.24, 2.45) is 5.92 Å². The van der Waals surface area contributed by atoms with Crippen LogP contribution in [0.3, 0.4) is 0 Å². The Morgan fingerprint density at radius 2 is 1.83 bits per heavy atom. The lowest BCUT2D eigenvalue weighted by atomic mass is 10.1. The number of carbonyl (C=O) groups excluding carboxylic acids is 1. The minimum absolute atomic E-state index is 0.186. The van der Waals surface area contributed by atoms with E-state index in [-0.39, 0.29) is 6.04 Å². The summed E-state index contributed by atoms with van der Waals surface area (Å²) < 4.78 is 1.80. The van der Waals surface area contributed by atoms with Crippen LogP contribution in [-0.4, -0.2) is 26.8 Å². The monoisotopic (exact) mass is 253 g/mol. The van der Waals surface area contributed by atoms with Gasteiger partial charge >= 0.3 is 5.97 Å². The van der Waals surface area contributed by atoms with Gasteiger partial charge in [0.05, 0.1) is 17.1 Å². The number of hydrogen-bond acceptors (Lipinski definition) is 3. The minimum Gasteiger partial charge on any atom is -0.481 e. The molecule has 1 heterocycles. The van der Waals surface area contributed by atoms with Crippen LogP contribution in [0.5, 0.6) is 0 Å². The van der Waals surface area contributed by atoms with Crippen molar-refractivity contribution in [3.63, 3.8) is 0 Å². The smallest absolute Gasteiger partial charge is 0.315 e. The molecule has 1 rings (SSSR count). The van der Waals surface area contributed by atoms with Crippen molar-refractivity contribution in [2.75, 3.05) is 5.32 Å². The summed E-state index contributed by atoms with van der Waals surface area (Å²) >= 11 is 0. The molecular formula is C12H19N3O3. The second-order valence-electron chi connectivity index (χ2n) is 4.63. The number of rotatable bonds is 4. The number of aliphatic carboxylic acids is 1. The average Bonchev–Trinajstić information content (AvgIpc) is 2.55. The number of hydrogen-bond donors (Lipinski definition) is 2. The molecule has 1 amide bonds. The molecule has 1 unspecified atom stereocenters. The Morgan fingerprint density at radius 1 is 1.28 bits per heavy atom. The molecular weight excluding hydrogens is 234 g/mol. The lowest BCUT2D eigenvalue weighted by Crippen LogP contribution is -2.27. The summed E-state index contributed by atoms with van der Waals surface area (Å²) in [6, 6.07) is 0.186. The first kappa shape index (κ1) is 14.2. The van der Waals surface area contributed by atoms with E-state index in [0.717, 1.165) is 5.69 Å². The first-order valence-electron chi connectivity index (χ1n) is 5.85. The summed E-state index contributed by atoms with van der Waals surface area (Å²) in [5.74, 6) is -2.75. The van der Waals surface area contributed by atoms with Crippen molar-refractivity contribution in [3.8, 4) is 0 Å². The van der Waals surface area contributed by atoms with Crippen molar-refractivity contribution in [1.82, 2.24) is 9.78 Å². The lowest BCUT2D eigenvalue weighted by molar-refractivity contribution is -0.144. The van der Waals surface area contributed by atoms with Crippen LogP contribution < -0.4 is 5.32 Å². The molecule has 2 N–H and O–H groups in total. The largest absolute Gasteiger partial charge is 0.481 e. The summed E-state index contributed by atoms with van der Waals surface area (Å²) in [5, 5.41) is 15.7. The number of carboxylic acids is 1. The number of aromatic nitrogens is 2. The van der Waals surface area contributed by atoms with Gasteiger partial charge in [-0.15, -0.1) is 0 Å². The highest BCUT2D eigenvalue weighted by atomic mass is 16.4. The van der Waals surface area contributed by atoms with Gasteiger partial charge in [-0.05, 0) is 34.6 Å². The topological polar surface area (TPSA) is 84.2 Å². The van der Waals surface area contributed by atoms with Gasteiger partial charge in [-0.25, -0.2) is 0 Å². The van der Waals surface area contributed by atoms with Crippen LogP contribution in [0.2, 0.25) is 0 Å². The fraction of sp³-hybridized carbons (Fsp3) is 0.583. The maximum absolute atomic E-state index is 11.7. The van der Waals surface area contributed by atoms with Crippen molar-refractivity contribution in [1.29, 1.82) is 0 Å². The first-order valence-corrected chi connectivity index (χ1v) is 5.85. The molecule has 0 radical (unpaired) electrons. The second kappa shape index (κ2) is 5.20. The van der Waals surface area contributed by atoms with Crippen LogP contribution in [0.4, 0.5) is 5.69 Å². The van der Waals surface area contributed by atoms with Crippen LogP contribution in [-0.2, 0) is 9.59 Å². The maximum Gasteiger partial charge on any atom is 0.315 e. The highest BCUT2D eigenvalue weighted by Crippen LogP contribution is 2.22. The maximum atomic E-state index is 11.7. The molecule has 0 bridgehead atoms. The molecule has 1 aromatic heterocycles. The predicted octanol–water partition coefficient (Wildman–Crippen LogP) is 1.74. The van der Waals surface area contributed by atoms with E-state index in [0.29, 0.717) is 11.4 Å². The number of amides is 1. The van der Waals surface area contributed by atoms with E-state index in [9.17, 15) is 9.59 Å². The van der Waals surface area contributed by atoms with E-state index >= 15 is 0 Å².